The molecule has 2 heterocycles. The van der Waals surface area contributed by atoms with E-state index in [0.29, 0.717) is 24.9 Å². The molecule has 2 aliphatic heterocycles. The van der Waals surface area contributed by atoms with Crippen molar-refractivity contribution in [1.29, 1.82) is 0 Å². The van der Waals surface area contributed by atoms with Crippen molar-refractivity contribution >= 4 is 17.7 Å². The molecule has 3 amide bonds. The molecule has 244 valence electrons. The summed E-state index contributed by atoms with van der Waals surface area (Å²) >= 11 is 0. The number of aliphatic hydroxyl groups excluding tert-OH is 1. The zero-order chi connectivity index (χ0) is 32.5. The van der Waals surface area contributed by atoms with Gasteiger partial charge in [0.25, 0.3) is 5.91 Å². The number of carbonyl (C=O) groups excluding carboxylic acids is 3. The van der Waals surface area contributed by atoms with E-state index in [9.17, 15) is 19.5 Å². The van der Waals surface area contributed by atoms with Gasteiger partial charge in [0.2, 0.25) is 11.8 Å². The Kier molecular flexibility index (Phi) is 11.6. The number of fused-ring (bicyclic) bond motifs is 1. The molecule has 9 nitrogen and oxygen atoms in total. The summed E-state index contributed by atoms with van der Waals surface area (Å²) in [5, 5.41) is 23.5. The van der Waals surface area contributed by atoms with Crippen LogP contribution in [0.3, 0.4) is 0 Å². The first-order valence-corrected chi connectivity index (χ1v) is 16.6. The lowest BCUT2D eigenvalue weighted by molar-refractivity contribution is -0.144. The van der Waals surface area contributed by atoms with Gasteiger partial charge < -0.3 is 26.0 Å². The molecular weight excluding hydrogens is 578 g/mol. The first-order chi connectivity index (χ1) is 22.4. The summed E-state index contributed by atoms with van der Waals surface area (Å²) in [6, 6.07) is 27.6. The first kappa shape index (κ1) is 33.3. The number of carbonyl (C=O) groups is 3. The maximum Gasteiger partial charge on any atom is 0.251 e. The Morgan fingerprint density at radius 2 is 1.43 bits per heavy atom. The molecular formula is C37H47N5O4. The summed E-state index contributed by atoms with van der Waals surface area (Å²) < 4.78 is 0. The fourth-order valence-electron chi connectivity index (χ4n) is 7.04. The molecule has 3 aromatic rings. The van der Waals surface area contributed by atoms with E-state index in [-0.39, 0.29) is 48.3 Å². The highest BCUT2D eigenvalue weighted by atomic mass is 16.3. The van der Waals surface area contributed by atoms with Crippen LogP contribution in [0, 0.1) is 11.8 Å². The first-order valence-electron chi connectivity index (χ1n) is 16.6. The van der Waals surface area contributed by atoms with Gasteiger partial charge in [-0.3, -0.25) is 19.7 Å². The zero-order valence-electron chi connectivity index (χ0n) is 26.8. The molecule has 3 aromatic carbocycles. The smallest absolute Gasteiger partial charge is 0.251 e. The normalized spacial score (nSPS) is 22.5. The largest absolute Gasteiger partial charge is 0.377 e. The second kappa shape index (κ2) is 16.0. The van der Waals surface area contributed by atoms with Crippen LogP contribution in [0.15, 0.2) is 91.0 Å². The van der Waals surface area contributed by atoms with Crippen molar-refractivity contribution in [3.63, 3.8) is 0 Å². The van der Waals surface area contributed by atoms with Crippen LogP contribution in [-0.4, -0.2) is 72.2 Å². The minimum Gasteiger partial charge on any atom is -0.377 e. The third-order valence-corrected chi connectivity index (χ3v) is 9.67. The summed E-state index contributed by atoms with van der Waals surface area (Å²) in [5.41, 5.74) is 2.51. The third-order valence-electron chi connectivity index (χ3n) is 9.67. The molecule has 2 fully saturated rings. The van der Waals surface area contributed by atoms with E-state index >= 15 is 0 Å². The molecule has 3 unspecified atom stereocenters. The van der Waals surface area contributed by atoms with Gasteiger partial charge in [0.05, 0.1) is 12.0 Å². The molecule has 2 aliphatic rings. The molecule has 46 heavy (non-hydrogen) atoms. The fraction of sp³-hybridized carbons (Fsp3) is 0.432. The Morgan fingerprint density at radius 1 is 0.848 bits per heavy atom. The number of amides is 3. The number of rotatable bonds is 13. The average molecular weight is 626 g/mol. The Morgan fingerprint density at radius 3 is 2.02 bits per heavy atom. The van der Waals surface area contributed by atoms with Crippen LogP contribution in [0.25, 0.3) is 0 Å². The van der Waals surface area contributed by atoms with Crippen molar-refractivity contribution < 1.29 is 19.5 Å². The Labute approximate surface area is 272 Å². The van der Waals surface area contributed by atoms with Crippen LogP contribution in [0.4, 0.5) is 0 Å². The predicted molar refractivity (Wildman–Crippen MR) is 179 cm³/mol. The van der Waals surface area contributed by atoms with Gasteiger partial charge in [-0.15, -0.1) is 0 Å². The van der Waals surface area contributed by atoms with E-state index in [0.717, 1.165) is 30.4 Å². The number of nitrogens with one attached hydrogen (secondary N) is 4. The molecule has 2 saturated heterocycles. The van der Waals surface area contributed by atoms with Gasteiger partial charge in [-0.25, -0.2) is 0 Å². The highest BCUT2D eigenvalue weighted by molar-refractivity contribution is 5.94. The molecule has 9 heteroatoms. The van der Waals surface area contributed by atoms with Crippen LogP contribution >= 0.6 is 0 Å². The van der Waals surface area contributed by atoms with Crippen molar-refractivity contribution in [1.82, 2.24) is 26.2 Å². The standard InChI is InChI=1S/C37H47N5O4/c1-3-31(38-2)35(44)40-24-30-28(23-39-34(43)27-17-11-6-12-18-27)19-20-29-21-22-32(42(29)37(30)46)36(45)41-33(25-13-7-4-8-14-25)26-15-9-5-10-16-26/h4-18,28-33,35,38,40,44H,3,19-24H2,1-2H3,(H,39,43)(H,41,45)/t28-,29?,30+,31+,32?,35?/m1/s1. The summed E-state index contributed by atoms with van der Waals surface area (Å²) in [5.74, 6) is -1.15. The highest BCUT2D eigenvalue weighted by Gasteiger charge is 2.47. The molecule has 0 bridgehead atoms. The molecule has 5 rings (SSSR count). The summed E-state index contributed by atoms with van der Waals surface area (Å²) in [4.78, 5) is 43.4. The van der Waals surface area contributed by atoms with Crippen molar-refractivity contribution in [2.45, 2.75) is 69.4 Å². The van der Waals surface area contributed by atoms with Crippen molar-refractivity contribution in [2.24, 2.45) is 11.8 Å². The maximum absolute atomic E-state index is 14.5. The third kappa shape index (κ3) is 7.84. The molecule has 6 atom stereocenters. The van der Waals surface area contributed by atoms with E-state index in [4.69, 9.17) is 0 Å². The number of benzene rings is 3. The molecule has 5 N–H and O–H groups in total. The van der Waals surface area contributed by atoms with Crippen molar-refractivity contribution in [3.05, 3.63) is 108 Å². The zero-order valence-corrected chi connectivity index (χ0v) is 26.8. The van der Waals surface area contributed by atoms with Crippen molar-refractivity contribution in [2.75, 3.05) is 20.1 Å². The predicted octanol–water partition coefficient (Wildman–Crippen LogP) is 3.61. The Hall–Kier alpha value is -4.05. The molecule has 0 spiro atoms. The van der Waals surface area contributed by atoms with Crippen LogP contribution < -0.4 is 21.3 Å². The van der Waals surface area contributed by atoms with Crippen LogP contribution in [-0.2, 0) is 9.59 Å². The summed E-state index contributed by atoms with van der Waals surface area (Å²) in [7, 11) is 1.80. The fourth-order valence-corrected chi connectivity index (χ4v) is 7.04. The minimum atomic E-state index is -0.850. The quantitative estimate of drug-likeness (QED) is 0.185. The monoisotopic (exact) mass is 625 g/mol. The van der Waals surface area contributed by atoms with Gasteiger partial charge in [-0.05, 0) is 68.3 Å². The van der Waals surface area contributed by atoms with E-state index in [2.05, 4.69) is 21.3 Å². The SMILES string of the molecule is CC[C@H](NC)C(O)NC[C@@H]1C(=O)N2C(CCC2C(=O)NC(c2ccccc2)c2ccccc2)CC[C@@H]1CNC(=O)c1ccccc1. The lowest BCUT2D eigenvalue weighted by Gasteiger charge is -2.33. The molecule has 0 aliphatic carbocycles. The Bertz CT molecular complexity index is 1380. The topological polar surface area (TPSA) is 123 Å². The van der Waals surface area contributed by atoms with Crippen LogP contribution in [0.2, 0.25) is 0 Å². The van der Waals surface area contributed by atoms with E-state index in [1.54, 1.807) is 19.2 Å². The summed E-state index contributed by atoms with van der Waals surface area (Å²) in [6.07, 6.45) is 2.66. The lowest BCUT2D eigenvalue weighted by atomic mass is 9.87. The van der Waals surface area contributed by atoms with Gasteiger partial charge in [-0.2, -0.15) is 0 Å². The average Bonchev–Trinajstić information content (AvgIpc) is 3.48. The highest BCUT2D eigenvalue weighted by Crippen LogP contribution is 2.37. The Balaban J connectivity index is 1.36. The lowest BCUT2D eigenvalue weighted by Crippen LogP contribution is -2.54. The number of hydrogen-bond acceptors (Lipinski definition) is 6. The second-order valence-corrected chi connectivity index (χ2v) is 12.4. The second-order valence-electron chi connectivity index (χ2n) is 12.4. The van der Waals surface area contributed by atoms with Crippen molar-refractivity contribution in [3.8, 4) is 0 Å². The van der Waals surface area contributed by atoms with Gasteiger partial charge >= 0.3 is 0 Å². The number of likely N-dealkylation sites (N-methyl/N-ethyl adjacent to an activating group) is 1. The number of nitrogens with zero attached hydrogens (tertiary/aromatic N) is 1. The molecule has 0 radical (unpaired) electrons. The van der Waals surface area contributed by atoms with Crippen LogP contribution in [0.1, 0.15) is 66.6 Å². The van der Waals surface area contributed by atoms with Gasteiger partial charge in [0.15, 0.2) is 0 Å². The number of aliphatic hydroxyl groups is 1. The van der Waals surface area contributed by atoms with Gasteiger partial charge in [0, 0.05) is 30.7 Å². The van der Waals surface area contributed by atoms with E-state index in [1.807, 2.05) is 90.7 Å². The van der Waals surface area contributed by atoms with Gasteiger partial charge in [-0.1, -0.05) is 85.8 Å². The van der Waals surface area contributed by atoms with Gasteiger partial charge in [0.1, 0.15) is 12.3 Å². The molecule has 0 aromatic heterocycles. The van der Waals surface area contributed by atoms with Crippen LogP contribution in [0.5, 0.6) is 0 Å². The maximum atomic E-state index is 14.5. The minimum absolute atomic E-state index is 0.0573. The van der Waals surface area contributed by atoms with E-state index in [1.165, 1.54) is 0 Å². The number of hydrogen-bond donors (Lipinski definition) is 5. The summed E-state index contributed by atoms with van der Waals surface area (Å²) in [6.45, 7) is 2.55. The van der Waals surface area contributed by atoms with E-state index < -0.39 is 18.2 Å². The molecule has 0 saturated carbocycles.